The Morgan fingerprint density at radius 2 is 1.57 bits per heavy atom. The number of hydrogen-bond acceptors (Lipinski definition) is 10. The van der Waals surface area contributed by atoms with E-state index in [1.165, 1.54) is 37.3 Å². The summed E-state index contributed by atoms with van der Waals surface area (Å²) in [6.45, 7) is 4.78. The van der Waals surface area contributed by atoms with E-state index < -0.39 is 40.7 Å². The molecular formula is C33H35F2NO10S. The summed E-state index contributed by atoms with van der Waals surface area (Å²) >= 11 is 0.985. The molecule has 0 spiro atoms. The Kier molecular flexibility index (Phi) is 10.8. The third-order valence-electron chi connectivity index (χ3n) is 7.27. The number of ketones is 2. The van der Waals surface area contributed by atoms with Gasteiger partial charge in [-0.25, -0.2) is 8.78 Å². The molecule has 252 valence electrons. The van der Waals surface area contributed by atoms with Gasteiger partial charge in [-0.05, 0) is 38.5 Å². The monoisotopic (exact) mass is 675 g/mol. The maximum absolute atomic E-state index is 15.8. The number of hydrogen-bond donors (Lipinski definition) is 1. The molecule has 1 aliphatic heterocycles. The highest BCUT2D eigenvalue weighted by Gasteiger charge is 2.32. The van der Waals surface area contributed by atoms with Crippen LogP contribution in [-0.4, -0.2) is 65.8 Å². The van der Waals surface area contributed by atoms with Crippen molar-refractivity contribution in [2.45, 2.75) is 71.6 Å². The Hall–Kier alpha value is -4.59. The van der Waals surface area contributed by atoms with Crippen LogP contribution in [-0.2, 0) is 32.2 Å². The number of aliphatic carboxylic acids is 1. The predicted molar refractivity (Wildman–Crippen MR) is 166 cm³/mol. The van der Waals surface area contributed by atoms with Crippen LogP contribution in [0, 0.1) is 11.6 Å². The number of amides is 1. The summed E-state index contributed by atoms with van der Waals surface area (Å²) in [6, 6.07) is 4.28. The number of Topliss-reactive ketones (excluding diaryl/α,β-unsaturated/α-hetero) is 2. The molecule has 0 bridgehead atoms. The van der Waals surface area contributed by atoms with Crippen molar-refractivity contribution in [3.05, 3.63) is 51.4 Å². The van der Waals surface area contributed by atoms with Gasteiger partial charge in [0, 0.05) is 54.1 Å². The lowest BCUT2D eigenvalue weighted by Gasteiger charge is -2.20. The molecule has 3 aromatic rings. The molecule has 0 aliphatic carbocycles. The van der Waals surface area contributed by atoms with Gasteiger partial charge in [0.1, 0.15) is 17.2 Å². The van der Waals surface area contributed by atoms with Gasteiger partial charge in [-0.1, -0.05) is 0 Å². The number of carboxylic acid groups (broad SMARTS) is 1. The van der Waals surface area contributed by atoms with Crippen molar-refractivity contribution >= 4 is 50.8 Å². The fourth-order valence-electron chi connectivity index (χ4n) is 5.08. The third-order valence-corrected chi connectivity index (χ3v) is 8.39. The maximum atomic E-state index is 15.8. The van der Waals surface area contributed by atoms with E-state index in [-0.39, 0.29) is 96.3 Å². The average Bonchev–Trinajstić information content (AvgIpc) is 3.64. The zero-order valence-electron chi connectivity index (χ0n) is 26.6. The minimum Gasteiger partial charge on any atom is -0.496 e. The molecule has 0 radical (unpaired) electrons. The van der Waals surface area contributed by atoms with Crippen molar-refractivity contribution < 1.29 is 56.8 Å². The standard InChI is InChI=1S/C33H35F2NO10S/c1-33(2,3)46-28(42)9-7-26(39)36-15-17-12-22(43-4)29(30(34)19(17)16-36)21(38)10-11-45-32-23(44-5)14-24-18(31(32)35)13-25(47-24)20(37)6-8-27(40)41/h12-14H,6-11,15-16H2,1-5H3,(H,40,41). The SMILES string of the molecule is COc1cc2sc(C(=O)CCC(=O)O)cc2c(F)c1OCCC(=O)c1c(OC)cc2c(c1F)CN(C(=O)CCC(=O)OC(C)(C)C)C2. The van der Waals surface area contributed by atoms with Crippen molar-refractivity contribution in [3.8, 4) is 17.2 Å². The molecule has 0 saturated carbocycles. The first-order chi connectivity index (χ1) is 22.1. The second kappa shape index (κ2) is 14.4. The number of halogens is 2. The van der Waals surface area contributed by atoms with Crippen molar-refractivity contribution in [3.63, 3.8) is 0 Å². The molecule has 1 N–H and O–H groups in total. The van der Waals surface area contributed by atoms with Crippen molar-refractivity contribution in [2.75, 3.05) is 20.8 Å². The highest BCUT2D eigenvalue weighted by atomic mass is 32.1. The lowest BCUT2D eigenvalue weighted by Crippen LogP contribution is -2.28. The van der Waals surface area contributed by atoms with Crippen molar-refractivity contribution in [1.82, 2.24) is 4.90 Å². The molecule has 2 heterocycles. The number of fused-ring (bicyclic) bond motifs is 2. The summed E-state index contributed by atoms with van der Waals surface area (Å²) in [5.74, 6) is -5.15. The Balaban J connectivity index is 1.45. The highest BCUT2D eigenvalue weighted by Crippen LogP contribution is 2.41. The molecular weight excluding hydrogens is 640 g/mol. The molecule has 0 saturated heterocycles. The van der Waals surface area contributed by atoms with E-state index in [0.717, 1.165) is 11.3 Å². The third kappa shape index (κ3) is 8.23. The molecule has 14 heteroatoms. The Bertz CT molecular complexity index is 1740. The van der Waals surface area contributed by atoms with Crippen LogP contribution in [0.2, 0.25) is 0 Å². The summed E-state index contributed by atoms with van der Waals surface area (Å²) in [5.41, 5.74) is -0.394. The first-order valence-electron chi connectivity index (χ1n) is 14.7. The van der Waals surface area contributed by atoms with Gasteiger partial charge in [-0.3, -0.25) is 24.0 Å². The molecule has 0 fully saturated rings. The van der Waals surface area contributed by atoms with Gasteiger partial charge in [0.2, 0.25) is 5.91 Å². The lowest BCUT2D eigenvalue weighted by atomic mass is 9.99. The van der Waals surface area contributed by atoms with Crippen LogP contribution in [0.4, 0.5) is 8.78 Å². The number of carboxylic acids is 1. The molecule has 47 heavy (non-hydrogen) atoms. The predicted octanol–water partition coefficient (Wildman–Crippen LogP) is 5.86. The first kappa shape index (κ1) is 35.3. The smallest absolute Gasteiger partial charge is 0.306 e. The number of thiophene rings is 1. The zero-order valence-corrected chi connectivity index (χ0v) is 27.4. The number of esters is 1. The molecule has 0 unspecified atom stereocenters. The topological polar surface area (TPSA) is 146 Å². The van der Waals surface area contributed by atoms with Gasteiger partial charge in [-0.15, -0.1) is 11.3 Å². The number of carbonyl (C=O) groups excluding carboxylic acids is 4. The van der Waals surface area contributed by atoms with Crippen LogP contribution in [0.1, 0.15) is 84.0 Å². The molecule has 11 nitrogen and oxygen atoms in total. The minimum atomic E-state index is -1.13. The van der Waals surface area contributed by atoms with Crippen LogP contribution in [0.5, 0.6) is 17.2 Å². The second-order valence-corrected chi connectivity index (χ2v) is 12.9. The summed E-state index contributed by atoms with van der Waals surface area (Å²) in [5, 5.41) is 8.91. The van der Waals surface area contributed by atoms with Crippen LogP contribution in [0.3, 0.4) is 0 Å². The largest absolute Gasteiger partial charge is 0.496 e. The maximum Gasteiger partial charge on any atom is 0.306 e. The summed E-state index contributed by atoms with van der Waals surface area (Å²) < 4.78 is 53.1. The van der Waals surface area contributed by atoms with Crippen LogP contribution < -0.4 is 14.2 Å². The summed E-state index contributed by atoms with van der Waals surface area (Å²) in [7, 11) is 2.58. The first-order valence-corrected chi connectivity index (χ1v) is 15.5. The molecule has 1 aromatic heterocycles. The van der Waals surface area contributed by atoms with Crippen molar-refractivity contribution in [2.24, 2.45) is 0 Å². The number of carbonyl (C=O) groups is 5. The van der Waals surface area contributed by atoms with Crippen LogP contribution in [0.15, 0.2) is 18.2 Å². The van der Waals surface area contributed by atoms with E-state index in [4.69, 9.17) is 24.1 Å². The number of methoxy groups -OCH3 is 2. The number of nitrogens with zero attached hydrogens (tertiary/aromatic N) is 1. The number of rotatable bonds is 14. The van der Waals surface area contributed by atoms with E-state index in [9.17, 15) is 24.0 Å². The lowest BCUT2D eigenvalue weighted by molar-refractivity contribution is -0.156. The number of ether oxygens (including phenoxy) is 4. The van der Waals surface area contributed by atoms with E-state index in [1.807, 2.05) is 0 Å². The quantitative estimate of drug-likeness (QED) is 0.163. The zero-order chi connectivity index (χ0) is 34.6. The Morgan fingerprint density at radius 3 is 2.21 bits per heavy atom. The molecule has 0 atom stereocenters. The van der Waals surface area contributed by atoms with Crippen LogP contribution >= 0.6 is 11.3 Å². The molecule has 1 aliphatic rings. The fraction of sp³-hybridized carbons (Fsp3) is 0.424. The summed E-state index contributed by atoms with van der Waals surface area (Å²) in [4.78, 5) is 62.9. The van der Waals surface area contributed by atoms with E-state index in [0.29, 0.717) is 10.3 Å². The summed E-state index contributed by atoms with van der Waals surface area (Å²) in [6.07, 6.45) is -1.21. The van der Waals surface area contributed by atoms with E-state index in [2.05, 4.69) is 0 Å². The van der Waals surface area contributed by atoms with E-state index >= 15 is 8.78 Å². The van der Waals surface area contributed by atoms with Gasteiger partial charge < -0.3 is 29.0 Å². The highest BCUT2D eigenvalue weighted by molar-refractivity contribution is 7.20. The van der Waals surface area contributed by atoms with Gasteiger partial charge in [0.05, 0.1) is 44.1 Å². The normalized spacial score (nSPS) is 12.5. The Morgan fingerprint density at radius 1 is 0.872 bits per heavy atom. The van der Waals surface area contributed by atoms with Gasteiger partial charge in [0.15, 0.2) is 28.9 Å². The van der Waals surface area contributed by atoms with Crippen LogP contribution in [0.25, 0.3) is 10.1 Å². The van der Waals surface area contributed by atoms with Gasteiger partial charge >= 0.3 is 11.9 Å². The molecule has 1 amide bonds. The second-order valence-electron chi connectivity index (χ2n) is 11.8. The molecule has 2 aromatic carbocycles. The fourth-order valence-corrected chi connectivity index (χ4v) is 6.13. The Labute approximate surface area is 273 Å². The average molecular weight is 676 g/mol. The van der Waals surface area contributed by atoms with Crippen molar-refractivity contribution in [1.29, 1.82) is 0 Å². The minimum absolute atomic E-state index is 0.00607. The molecule has 4 rings (SSSR count). The van der Waals surface area contributed by atoms with Gasteiger partial charge in [0.25, 0.3) is 0 Å². The number of benzene rings is 2. The van der Waals surface area contributed by atoms with E-state index in [1.54, 1.807) is 20.8 Å². The van der Waals surface area contributed by atoms with Gasteiger partial charge in [-0.2, -0.15) is 0 Å².